The Morgan fingerprint density at radius 3 is 2.78 bits per heavy atom. The van der Waals surface area contributed by atoms with E-state index in [1.165, 1.54) is 5.56 Å². The van der Waals surface area contributed by atoms with E-state index >= 15 is 0 Å². The maximum Gasteiger partial charge on any atom is 0.328 e. The fourth-order valence-electron chi connectivity index (χ4n) is 2.43. The Hall–Kier alpha value is -1.26. The Kier molecular flexibility index (Phi) is 2.92. The third-order valence-corrected chi connectivity index (χ3v) is 4.55. The lowest BCUT2D eigenvalue weighted by molar-refractivity contribution is -0.141. The molecule has 1 aromatic carbocycles. The molecule has 1 fully saturated rings. The molecule has 3 unspecified atom stereocenters. The van der Waals surface area contributed by atoms with E-state index in [9.17, 15) is 9.90 Å². The minimum Gasteiger partial charge on any atom is -0.480 e. The maximum atomic E-state index is 11.4. The highest BCUT2D eigenvalue weighted by molar-refractivity contribution is 8.02. The van der Waals surface area contributed by atoms with Crippen LogP contribution in [0.25, 0.3) is 0 Å². The van der Waals surface area contributed by atoms with Gasteiger partial charge in [-0.2, -0.15) is 0 Å². The van der Waals surface area contributed by atoms with Gasteiger partial charge < -0.3 is 5.11 Å². The molecule has 1 aliphatic carbocycles. The summed E-state index contributed by atoms with van der Waals surface area (Å²) in [4.78, 5) is 11.4. The van der Waals surface area contributed by atoms with Crippen LogP contribution in [-0.4, -0.2) is 28.4 Å². The number of nitrogens with one attached hydrogen (secondary N) is 1. The molecule has 2 N–H and O–H groups in total. The van der Waals surface area contributed by atoms with Gasteiger partial charge in [-0.25, -0.2) is 4.79 Å². The third kappa shape index (κ3) is 2.06. The normalized spacial score (nSPS) is 33.6. The summed E-state index contributed by atoms with van der Waals surface area (Å²) in [5.74, 6) is 0.268. The summed E-state index contributed by atoms with van der Waals surface area (Å²) < 4.78 is 0. The van der Waals surface area contributed by atoms with Crippen molar-refractivity contribution in [1.82, 2.24) is 5.32 Å². The van der Waals surface area contributed by atoms with E-state index in [2.05, 4.69) is 17.4 Å². The van der Waals surface area contributed by atoms with Crippen LogP contribution in [0.15, 0.2) is 41.8 Å². The molecule has 3 nitrogen and oxygen atoms in total. The van der Waals surface area contributed by atoms with Crippen molar-refractivity contribution in [3.8, 4) is 0 Å². The monoisotopic (exact) mass is 261 g/mol. The van der Waals surface area contributed by atoms with Crippen LogP contribution in [0.1, 0.15) is 17.9 Å². The lowest BCUT2D eigenvalue weighted by atomic mass is 10.0. The molecule has 0 saturated heterocycles. The number of benzene rings is 1. The fraction of sp³-hybridized carbons (Fsp3) is 0.357. The number of rotatable bonds is 4. The molecular weight excluding hydrogens is 246 g/mol. The van der Waals surface area contributed by atoms with Crippen LogP contribution in [0.3, 0.4) is 0 Å². The van der Waals surface area contributed by atoms with Gasteiger partial charge in [0.05, 0.1) is 0 Å². The van der Waals surface area contributed by atoms with Crippen molar-refractivity contribution in [1.29, 1.82) is 0 Å². The van der Waals surface area contributed by atoms with E-state index in [0.29, 0.717) is 11.7 Å². The van der Waals surface area contributed by atoms with E-state index in [1.807, 2.05) is 23.6 Å². The summed E-state index contributed by atoms with van der Waals surface area (Å²) in [6, 6.07) is 10.6. The molecule has 2 aliphatic rings. The fourth-order valence-corrected chi connectivity index (χ4v) is 3.42. The predicted octanol–water partition coefficient (Wildman–Crippen LogP) is 2.22. The Bertz CT molecular complexity index is 488. The Balaban J connectivity index is 1.69. The summed E-state index contributed by atoms with van der Waals surface area (Å²) in [5, 5.41) is 14.6. The molecule has 0 aromatic heterocycles. The minimum atomic E-state index is -0.862. The summed E-state index contributed by atoms with van der Waals surface area (Å²) in [6.07, 6.45) is 2.80. The second-order valence-corrected chi connectivity index (χ2v) is 5.79. The number of carboxylic acids is 1. The molecule has 1 aliphatic heterocycles. The van der Waals surface area contributed by atoms with Crippen molar-refractivity contribution in [3.63, 3.8) is 0 Å². The predicted molar refractivity (Wildman–Crippen MR) is 72.7 cm³/mol. The van der Waals surface area contributed by atoms with Crippen LogP contribution in [0.5, 0.6) is 0 Å². The molecule has 0 radical (unpaired) electrons. The Morgan fingerprint density at radius 2 is 2.17 bits per heavy atom. The van der Waals surface area contributed by atoms with Gasteiger partial charge in [0.15, 0.2) is 0 Å². The van der Waals surface area contributed by atoms with Gasteiger partial charge >= 0.3 is 5.97 Å². The second kappa shape index (κ2) is 4.44. The van der Waals surface area contributed by atoms with Gasteiger partial charge in [-0.3, -0.25) is 5.32 Å². The smallest absolute Gasteiger partial charge is 0.328 e. The summed E-state index contributed by atoms with van der Waals surface area (Å²) in [7, 11) is 0. The molecular formula is C14H15NO2S. The number of aliphatic carboxylic acids is 1. The molecule has 94 valence electrons. The highest BCUT2D eigenvalue weighted by Gasteiger charge is 2.47. The highest BCUT2D eigenvalue weighted by Crippen LogP contribution is 2.42. The van der Waals surface area contributed by atoms with Crippen LogP contribution >= 0.6 is 11.8 Å². The number of carbonyl (C=O) groups is 1. The van der Waals surface area contributed by atoms with Gasteiger partial charge in [0.25, 0.3) is 0 Å². The van der Waals surface area contributed by atoms with Gasteiger partial charge in [-0.05, 0) is 23.5 Å². The standard InChI is InChI=1S/C14H15NO2S/c16-13(17)14(6-7-18-9-14)15-12-8-11(12)10-4-2-1-3-5-10/h1-7,11-12,15H,8-9H2,(H,16,17). The number of thioether (sulfide) groups is 1. The quantitative estimate of drug-likeness (QED) is 0.872. The highest BCUT2D eigenvalue weighted by atomic mass is 32.2. The first-order valence-corrected chi connectivity index (χ1v) is 7.11. The largest absolute Gasteiger partial charge is 0.480 e. The zero-order chi connectivity index (χ0) is 12.6. The number of hydrogen-bond acceptors (Lipinski definition) is 3. The van der Waals surface area contributed by atoms with Crippen molar-refractivity contribution < 1.29 is 9.90 Å². The average Bonchev–Trinajstić information content (AvgIpc) is 2.96. The first-order chi connectivity index (χ1) is 8.71. The second-order valence-electron chi connectivity index (χ2n) is 4.89. The number of carboxylic acid groups (broad SMARTS) is 1. The lowest BCUT2D eigenvalue weighted by Crippen LogP contribution is -2.52. The lowest BCUT2D eigenvalue weighted by Gasteiger charge is -2.23. The first-order valence-electron chi connectivity index (χ1n) is 6.07. The van der Waals surface area contributed by atoms with Gasteiger partial charge in [-0.1, -0.05) is 30.3 Å². The molecule has 3 atom stereocenters. The zero-order valence-corrected chi connectivity index (χ0v) is 10.7. The molecule has 0 spiro atoms. The van der Waals surface area contributed by atoms with E-state index in [4.69, 9.17) is 0 Å². The average molecular weight is 261 g/mol. The molecule has 3 rings (SSSR count). The minimum absolute atomic E-state index is 0.284. The SMILES string of the molecule is O=C(O)C1(NC2CC2c2ccccc2)C=CSC1. The van der Waals surface area contributed by atoms with Crippen LogP contribution in [0.2, 0.25) is 0 Å². The maximum absolute atomic E-state index is 11.4. The molecule has 1 heterocycles. The van der Waals surface area contributed by atoms with Crippen molar-refractivity contribution in [2.24, 2.45) is 0 Å². The molecule has 4 heteroatoms. The molecule has 0 bridgehead atoms. The van der Waals surface area contributed by atoms with Crippen LogP contribution < -0.4 is 5.32 Å². The molecule has 18 heavy (non-hydrogen) atoms. The van der Waals surface area contributed by atoms with Crippen molar-refractivity contribution in [2.45, 2.75) is 23.9 Å². The molecule has 1 saturated carbocycles. The number of hydrogen-bond donors (Lipinski definition) is 2. The van der Waals surface area contributed by atoms with Crippen LogP contribution in [-0.2, 0) is 4.79 Å². The first kappa shape index (κ1) is 11.8. The molecule has 0 amide bonds. The van der Waals surface area contributed by atoms with Crippen molar-refractivity contribution in [2.75, 3.05) is 5.75 Å². The van der Waals surface area contributed by atoms with Crippen LogP contribution in [0.4, 0.5) is 0 Å². The van der Waals surface area contributed by atoms with Gasteiger partial charge in [0, 0.05) is 17.7 Å². The molecule has 1 aromatic rings. The Labute approximate surface area is 110 Å². The van der Waals surface area contributed by atoms with E-state index in [-0.39, 0.29) is 6.04 Å². The van der Waals surface area contributed by atoms with E-state index in [1.54, 1.807) is 17.8 Å². The van der Waals surface area contributed by atoms with Gasteiger partial charge in [0.2, 0.25) is 0 Å². The van der Waals surface area contributed by atoms with Crippen molar-refractivity contribution in [3.05, 3.63) is 47.4 Å². The topological polar surface area (TPSA) is 49.3 Å². The summed E-state index contributed by atoms with van der Waals surface area (Å²) in [6.45, 7) is 0. The van der Waals surface area contributed by atoms with E-state index in [0.717, 1.165) is 6.42 Å². The Morgan fingerprint density at radius 1 is 1.39 bits per heavy atom. The summed E-state index contributed by atoms with van der Waals surface area (Å²) >= 11 is 1.55. The van der Waals surface area contributed by atoms with Gasteiger partial charge in [-0.15, -0.1) is 11.8 Å². The zero-order valence-electron chi connectivity index (χ0n) is 9.87. The van der Waals surface area contributed by atoms with Crippen molar-refractivity contribution >= 4 is 17.7 Å². The summed E-state index contributed by atoms with van der Waals surface area (Å²) in [5.41, 5.74) is 0.434. The van der Waals surface area contributed by atoms with Crippen LogP contribution in [0, 0.1) is 0 Å². The van der Waals surface area contributed by atoms with E-state index < -0.39 is 11.5 Å². The van der Waals surface area contributed by atoms with Gasteiger partial charge in [0.1, 0.15) is 5.54 Å². The third-order valence-electron chi connectivity index (χ3n) is 3.60.